The van der Waals surface area contributed by atoms with Gasteiger partial charge in [0.05, 0.1) is 12.6 Å². The van der Waals surface area contributed by atoms with Gasteiger partial charge in [-0.1, -0.05) is 11.6 Å². The van der Waals surface area contributed by atoms with Gasteiger partial charge in [0.25, 0.3) is 0 Å². The average molecular weight is 225 g/mol. The number of aliphatic hydroxyl groups is 1. The van der Waals surface area contributed by atoms with E-state index >= 15 is 0 Å². The SMILES string of the molecule is Cc1nc(CNCC2CCCC(O)C2)no1. The maximum Gasteiger partial charge on any atom is 0.223 e. The second-order valence-electron chi connectivity index (χ2n) is 4.55. The van der Waals surface area contributed by atoms with Crippen molar-refractivity contribution in [1.29, 1.82) is 0 Å². The van der Waals surface area contributed by atoms with Crippen LogP contribution in [-0.2, 0) is 6.54 Å². The molecule has 0 radical (unpaired) electrons. The highest BCUT2D eigenvalue weighted by Crippen LogP contribution is 2.23. The highest BCUT2D eigenvalue weighted by atomic mass is 16.5. The molecule has 1 aliphatic carbocycles. The molecule has 1 aromatic heterocycles. The van der Waals surface area contributed by atoms with Crippen LogP contribution in [0, 0.1) is 12.8 Å². The van der Waals surface area contributed by atoms with Crippen molar-refractivity contribution >= 4 is 0 Å². The van der Waals surface area contributed by atoms with Gasteiger partial charge in [-0.05, 0) is 31.7 Å². The predicted molar refractivity (Wildman–Crippen MR) is 58.7 cm³/mol. The van der Waals surface area contributed by atoms with Crippen molar-refractivity contribution < 1.29 is 9.63 Å². The van der Waals surface area contributed by atoms with Crippen molar-refractivity contribution in [3.63, 3.8) is 0 Å². The van der Waals surface area contributed by atoms with Crippen LogP contribution in [-0.4, -0.2) is 27.9 Å². The molecule has 2 rings (SSSR count). The lowest BCUT2D eigenvalue weighted by Crippen LogP contribution is -2.29. The first kappa shape index (κ1) is 11.5. The van der Waals surface area contributed by atoms with E-state index in [4.69, 9.17) is 4.52 Å². The van der Waals surface area contributed by atoms with E-state index in [1.165, 1.54) is 6.42 Å². The molecule has 0 aliphatic heterocycles. The summed E-state index contributed by atoms with van der Waals surface area (Å²) in [4.78, 5) is 4.12. The van der Waals surface area contributed by atoms with Gasteiger partial charge in [-0.15, -0.1) is 0 Å². The van der Waals surface area contributed by atoms with E-state index < -0.39 is 0 Å². The highest BCUT2D eigenvalue weighted by Gasteiger charge is 2.19. The van der Waals surface area contributed by atoms with Gasteiger partial charge in [-0.25, -0.2) is 0 Å². The van der Waals surface area contributed by atoms with Gasteiger partial charge >= 0.3 is 0 Å². The molecule has 1 aromatic rings. The first-order chi connectivity index (χ1) is 7.74. The minimum atomic E-state index is -0.104. The Morgan fingerprint density at radius 1 is 1.50 bits per heavy atom. The fourth-order valence-corrected chi connectivity index (χ4v) is 2.25. The van der Waals surface area contributed by atoms with Gasteiger partial charge in [-0.3, -0.25) is 0 Å². The second-order valence-corrected chi connectivity index (χ2v) is 4.55. The van der Waals surface area contributed by atoms with E-state index in [1.54, 1.807) is 6.92 Å². The number of hydrogen-bond acceptors (Lipinski definition) is 5. The zero-order chi connectivity index (χ0) is 11.4. The van der Waals surface area contributed by atoms with Gasteiger partial charge in [0, 0.05) is 6.92 Å². The highest BCUT2D eigenvalue weighted by molar-refractivity contribution is 4.83. The zero-order valence-electron chi connectivity index (χ0n) is 9.65. The summed E-state index contributed by atoms with van der Waals surface area (Å²) in [7, 11) is 0. The number of hydrogen-bond donors (Lipinski definition) is 2. The van der Waals surface area contributed by atoms with Crippen LogP contribution in [0.4, 0.5) is 0 Å². The number of aryl methyl sites for hydroxylation is 1. The van der Waals surface area contributed by atoms with E-state index in [1.807, 2.05) is 0 Å². The van der Waals surface area contributed by atoms with Gasteiger partial charge in [0.2, 0.25) is 5.89 Å². The average Bonchev–Trinajstić information content (AvgIpc) is 2.64. The number of aliphatic hydroxyl groups excluding tert-OH is 1. The van der Waals surface area contributed by atoms with Crippen LogP contribution in [0.5, 0.6) is 0 Å². The fraction of sp³-hybridized carbons (Fsp3) is 0.818. The number of aromatic nitrogens is 2. The summed E-state index contributed by atoms with van der Waals surface area (Å²) in [5.41, 5.74) is 0. The largest absolute Gasteiger partial charge is 0.393 e. The van der Waals surface area contributed by atoms with Gasteiger partial charge in [-0.2, -0.15) is 4.98 Å². The normalized spacial score (nSPS) is 25.9. The van der Waals surface area contributed by atoms with Crippen LogP contribution < -0.4 is 5.32 Å². The van der Waals surface area contributed by atoms with E-state index in [0.717, 1.165) is 25.8 Å². The van der Waals surface area contributed by atoms with Gasteiger partial charge < -0.3 is 14.9 Å². The summed E-state index contributed by atoms with van der Waals surface area (Å²) in [5.74, 6) is 1.88. The minimum Gasteiger partial charge on any atom is -0.393 e. The van der Waals surface area contributed by atoms with Gasteiger partial charge in [0.1, 0.15) is 0 Å². The Morgan fingerprint density at radius 3 is 3.06 bits per heavy atom. The Labute approximate surface area is 95.2 Å². The first-order valence-electron chi connectivity index (χ1n) is 5.92. The molecule has 5 heteroatoms. The molecular formula is C11H19N3O2. The fourth-order valence-electron chi connectivity index (χ4n) is 2.25. The van der Waals surface area contributed by atoms with Crippen molar-refractivity contribution in [3.8, 4) is 0 Å². The van der Waals surface area contributed by atoms with Gasteiger partial charge in [0.15, 0.2) is 5.82 Å². The Morgan fingerprint density at radius 2 is 2.38 bits per heavy atom. The molecule has 0 amide bonds. The van der Waals surface area contributed by atoms with Crippen LogP contribution in [0.15, 0.2) is 4.52 Å². The van der Waals surface area contributed by atoms with Crippen molar-refractivity contribution in [2.75, 3.05) is 6.54 Å². The first-order valence-corrected chi connectivity index (χ1v) is 5.92. The minimum absolute atomic E-state index is 0.104. The third-order valence-corrected chi connectivity index (χ3v) is 3.04. The maximum atomic E-state index is 9.53. The number of rotatable bonds is 4. The summed E-state index contributed by atoms with van der Waals surface area (Å²) in [6.07, 6.45) is 4.11. The molecule has 1 heterocycles. The summed E-state index contributed by atoms with van der Waals surface area (Å²) in [6.45, 7) is 3.35. The molecule has 2 unspecified atom stereocenters. The smallest absolute Gasteiger partial charge is 0.223 e. The van der Waals surface area contributed by atoms with Crippen LogP contribution in [0.25, 0.3) is 0 Å². The predicted octanol–water partition coefficient (Wildman–Crippen LogP) is 1.02. The van der Waals surface area contributed by atoms with Crippen molar-refractivity contribution in [1.82, 2.24) is 15.5 Å². The Hall–Kier alpha value is -0.940. The molecule has 2 atom stereocenters. The maximum absolute atomic E-state index is 9.53. The molecule has 2 N–H and O–H groups in total. The summed E-state index contributed by atoms with van der Waals surface area (Å²) >= 11 is 0. The molecule has 1 aliphatic rings. The van der Waals surface area contributed by atoms with Crippen LogP contribution in [0.1, 0.15) is 37.4 Å². The van der Waals surface area contributed by atoms with Crippen molar-refractivity contribution in [2.24, 2.45) is 5.92 Å². The molecule has 1 fully saturated rings. The van der Waals surface area contributed by atoms with Crippen molar-refractivity contribution in [3.05, 3.63) is 11.7 Å². The van der Waals surface area contributed by atoms with Crippen LogP contribution >= 0.6 is 0 Å². The third-order valence-electron chi connectivity index (χ3n) is 3.04. The van der Waals surface area contributed by atoms with E-state index in [-0.39, 0.29) is 6.10 Å². The Balaban J connectivity index is 1.67. The lowest BCUT2D eigenvalue weighted by atomic mass is 9.87. The van der Waals surface area contributed by atoms with Crippen LogP contribution in [0.2, 0.25) is 0 Å². The second kappa shape index (κ2) is 5.41. The summed E-state index contributed by atoms with van der Waals surface area (Å²) < 4.78 is 4.88. The van der Waals surface area contributed by atoms with E-state index in [0.29, 0.717) is 24.2 Å². The topological polar surface area (TPSA) is 71.2 Å². The molecule has 1 saturated carbocycles. The summed E-state index contributed by atoms with van der Waals surface area (Å²) in [5, 5.41) is 16.7. The van der Waals surface area contributed by atoms with Crippen molar-refractivity contribution in [2.45, 2.75) is 45.3 Å². The standard InChI is InChI=1S/C11H19N3O2/c1-8-13-11(14-16-8)7-12-6-9-3-2-4-10(15)5-9/h9-10,12,15H,2-7H2,1H3. The molecule has 16 heavy (non-hydrogen) atoms. The quantitative estimate of drug-likeness (QED) is 0.800. The molecule has 5 nitrogen and oxygen atoms in total. The molecule has 90 valence electrons. The number of nitrogens with one attached hydrogen (secondary N) is 1. The van der Waals surface area contributed by atoms with E-state index in [9.17, 15) is 5.11 Å². The Bertz CT molecular complexity index is 327. The van der Waals surface area contributed by atoms with E-state index in [2.05, 4.69) is 15.5 Å². The Kier molecular flexibility index (Phi) is 3.90. The lowest BCUT2D eigenvalue weighted by Gasteiger charge is -2.25. The third kappa shape index (κ3) is 3.28. The molecule has 0 aromatic carbocycles. The molecule has 0 saturated heterocycles. The summed E-state index contributed by atoms with van der Waals surface area (Å²) in [6, 6.07) is 0. The molecular weight excluding hydrogens is 206 g/mol. The molecule has 0 bridgehead atoms. The monoisotopic (exact) mass is 225 g/mol. The number of nitrogens with zero attached hydrogens (tertiary/aromatic N) is 2. The lowest BCUT2D eigenvalue weighted by molar-refractivity contribution is 0.100. The molecule has 0 spiro atoms. The zero-order valence-corrected chi connectivity index (χ0v) is 9.65. The van der Waals surface area contributed by atoms with Crippen LogP contribution in [0.3, 0.4) is 0 Å².